The molecule has 5 nitrogen and oxygen atoms in total. The number of aromatic nitrogens is 2. The van der Waals surface area contributed by atoms with E-state index in [0.717, 1.165) is 35.9 Å². The van der Waals surface area contributed by atoms with E-state index in [2.05, 4.69) is 21.8 Å². The highest BCUT2D eigenvalue weighted by Gasteiger charge is 2.27. The lowest BCUT2D eigenvalue weighted by Crippen LogP contribution is -2.23. The molecule has 0 fully saturated rings. The van der Waals surface area contributed by atoms with Gasteiger partial charge in [-0.2, -0.15) is 0 Å². The van der Waals surface area contributed by atoms with E-state index >= 15 is 4.39 Å². The zero-order valence-electron chi connectivity index (χ0n) is 15.6. The Bertz CT molecular complexity index is 1080. The van der Waals surface area contributed by atoms with E-state index in [0.29, 0.717) is 23.2 Å². The van der Waals surface area contributed by atoms with Crippen molar-refractivity contribution in [2.24, 2.45) is 0 Å². The van der Waals surface area contributed by atoms with Gasteiger partial charge in [0.25, 0.3) is 0 Å². The Labute approximate surface area is 157 Å². The van der Waals surface area contributed by atoms with Gasteiger partial charge >= 0.3 is 0 Å². The first kappa shape index (κ1) is 17.5. The van der Waals surface area contributed by atoms with Crippen LogP contribution >= 0.6 is 0 Å². The summed E-state index contributed by atoms with van der Waals surface area (Å²) in [5, 5.41) is 3.55. The summed E-state index contributed by atoms with van der Waals surface area (Å²) in [5.74, 6) is -0.518. The van der Waals surface area contributed by atoms with Crippen LogP contribution in [0.4, 0.5) is 15.8 Å². The summed E-state index contributed by atoms with van der Waals surface area (Å²) in [6, 6.07) is 4.13. The molecule has 0 saturated heterocycles. The average Bonchev–Trinajstić information content (AvgIpc) is 2.67. The number of anilines is 2. The second-order valence-electron chi connectivity index (χ2n) is 7.27. The molecule has 0 spiro atoms. The van der Waals surface area contributed by atoms with Gasteiger partial charge in [-0.25, -0.2) is 4.39 Å². The van der Waals surface area contributed by atoms with Gasteiger partial charge in [-0.1, -0.05) is 0 Å². The number of rotatable bonds is 4. The van der Waals surface area contributed by atoms with E-state index in [9.17, 15) is 4.79 Å². The Kier molecular flexibility index (Phi) is 4.34. The van der Waals surface area contributed by atoms with Crippen LogP contribution in [0.3, 0.4) is 0 Å². The van der Waals surface area contributed by atoms with Gasteiger partial charge in [0, 0.05) is 42.3 Å². The first-order chi connectivity index (χ1) is 13.0. The van der Waals surface area contributed by atoms with Crippen LogP contribution in [0.5, 0.6) is 0 Å². The Morgan fingerprint density at radius 3 is 2.85 bits per heavy atom. The third-order valence-electron chi connectivity index (χ3n) is 5.48. The van der Waals surface area contributed by atoms with Crippen molar-refractivity contribution in [3.05, 3.63) is 63.5 Å². The lowest BCUT2D eigenvalue weighted by Gasteiger charge is -2.29. The van der Waals surface area contributed by atoms with Crippen molar-refractivity contribution in [2.45, 2.75) is 39.2 Å². The second kappa shape index (κ2) is 6.68. The van der Waals surface area contributed by atoms with E-state index in [-0.39, 0.29) is 17.2 Å². The molecule has 1 unspecified atom stereocenters. The van der Waals surface area contributed by atoms with E-state index in [1.807, 2.05) is 18.3 Å². The molecule has 3 aromatic rings. The maximum absolute atomic E-state index is 15.1. The van der Waals surface area contributed by atoms with Gasteiger partial charge in [0.05, 0.1) is 22.3 Å². The number of nitrogens with zero attached hydrogens (tertiary/aromatic N) is 2. The van der Waals surface area contributed by atoms with Crippen LogP contribution in [0.2, 0.25) is 0 Å². The predicted molar refractivity (Wildman–Crippen MR) is 107 cm³/mol. The number of hydrogen-bond donors (Lipinski definition) is 2. The van der Waals surface area contributed by atoms with Crippen LogP contribution < -0.4 is 16.5 Å². The first-order valence-corrected chi connectivity index (χ1v) is 9.27. The molecule has 2 aromatic heterocycles. The Hall–Kier alpha value is -2.89. The zero-order valence-corrected chi connectivity index (χ0v) is 15.6. The zero-order chi connectivity index (χ0) is 19.1. The molecular weight excluding hydrogens is 343 g/mol. The molecule has 0 aliphatic carbocycles. The summed E-state index contributed by atoms with van der Waals surface area (Å²) in [7, 11) is 0. The van der Waals surface area contributed by atoms with Gasteiger partial charge in [-0.15, -0.1) is 0 Å². The number of nitrogens with one attached hydrogen (secondary N) is 1. The second-order valence-corrected chi connectivity index (χ2v) is 7.27. The highest BCUT2D eigenvalue weighted by molar-refractivity contribution is 5.98. The van der Waals surface area contributed by atoms with E-state index < -0.39 is 5.82 Å². The fourth-order valence-electron chi connectivity index (χ4n) is 3.97. The standard InChI is InChI=1S/C21H23FN4O/c1-12-11-26-13(2)3-4-15-19(25-10-7-14-5-8-24-9-6-14)17(22)18(23)16(20(15)26)21(12)27/h5-6,8-9,11,13,25H,3-4,7,10,23H2,1-2H3. The normalized spacial score (nSPS) is 15.9. The van der Waals surface area contributed by atoms with Gasteiger partial charge in [0.15, 0.2) is 11.2 Å². The minimum absolute atomic E-state index is 0.0586. The number of halogens is 1. The largest absolute Gasteiger partial charge is 0.396 e. The summed E-state index contributed by atoms with van der Waals surface area (Å²) < 4.78 is 17.2. The first-order valence-electron chi connectivity index (χ1n) is 9.27. The van der Waals surface area contributed by atoms with Crippen molar-refractivity contribution in [1.82, 2.24) is 9.55 Å². The molecule has 3 heterocycles. The highest BCUT2D eigenvalue weighted by atomic mass is 19.1. The predicted octanol–water partition coefficient (Wildman–Crippen LogP) is 3.59. The average molecular weight is 366 g/mol. The molecule has 27 heavy (non-hydrogen) atoms. The molecule has 1 aromatic carbocycles. The molecule has 0 bridgehead atoms. The summed E-state index contributed by atoms with van der Waals surface area (Å²) in [5.41, 5.74) is 9.62. The van der Waals surface area contributed by atoms with Crippen LogP contribution in [0.15, 0.2) is 35.5 Å². The number of nitrogen functional groups attached to an aromatic ring is 1. The van der Waals surface area contributed by atoms with Crippen LogP contribution in [0.1, 0.15) is 36.1 Å². The summed E-state index contributed by atoms with van der Waals surface area (Å²) in [4.78, 5) is 16.7. The van der Waals surface area contributed by atoms with Crippen LogP contribution in [0, 0.1) is 12.7 Å². The maximum Gasteiger partial charge on any atom is 0.194 e. The number of benzene rings is 1. The van der Waals surface area contributed by atoms with Crippen molar-refractivity contribution in [3.63, 3.8) is 0 Å². The quantitative estimate of drug-likeness (QED) is 0.692. The lowest BCUT2D eigenvalue weighted by atomic mass is 9.93. The van der Waals surface area contributed by atoms with Gasteiger partial charge in [-0.3, -0.25) is 9.78 Å². The lowest BCUT2D eigenvalue weighted by molar-refractivity contribution is 0.497. The molecule has 1 aliphatic heterocycles. The van der Waals surface area contributed by atoms with Crippen LogP contribution in [0.25, 0.3) is 10.9 Å². The number of aryl methyl sites for hydroxylation is 2. The van der Waals surface area contributed by atoms with Crippen molar-refractivity contribution < 1.29 is 4.39 Å². The Morgan fingerprint density at radius 2 is 2.11 bits per heavy atom. The number of hydrogen-bond acceptors (Lipinski definition) is 4. The smallest absolute Gasteiger partial charge is 0.194 e. The fourth-order valence-corrected chi connectivity index (χ4v) is 3.97. The molecule has 0 radical (unpaired) electrons. The molecule has 1 atom stereocenters. The monoisotopic (exact) mass is 366 g/mol. The molecule has 1 aliphatic rings. The third-order valence-corrected chi connectivity index (χ3v) is 5.48. The SMILES string of the molecule is Cc1cn2c3c(c(NCCc4ccncc4)c(F)c(N)c3c1=O)CCC2C. The van der Waals surface area contributed by atoms with Crippen molar-refractivity contribution in [1.29, 1.82) is 0 Å². The van der Waals surface area contributed by atoms with E-state index in [1.54, 1.807) is 19.3 Å². The Morgan fingerprint density at radius 1 is 1.37 bits per heavy atom. The van der Waals surface area contributed by atoms with Gasteiger partial charge in [-0.05, 0) is 50.8 Å². The van der Waals surface area contributed by atoms with Gasteiger partial charge in [0.1, 0.15) is 0 Å². The molecule has 3 N–H and O–H groups in total. The van der Waals surface area contributed by atoms with Crippen molar-refractivity contribution in [2.75, 3.05) is 17.6 Å². The summed E-state index contributed by atoms with van der Waals surface area (Å²) in [6.45, 7) is 4.44. The topological polar surface area (TPSA) is 72.9 Å². The van der Waals surface area contributed by atoms with Gasteiger partial charge < -0.3 is 15.6 Å². The molecular formula is C21H23FN4O. The summed E-state index contributed by atoms with van der Waals surface area (Å²) >= 11 is 0. The fraction of sp³-hybridized carbons (Fsp3) is 0.333. The Balaban J connectivity index is 1.81. The third kappa shape index (κ3) is 2.85. The molecule has 140 valence electrons. The van der Waals surface area contributed by atoms with E-state index in [1.165, 1.54) is 0 Å². The van der Waals surface area contributed by atoms with Crippen molar-refractivity contribution >= 4 is 22.3 Å². The van der Waals surface area contributed by atoms with Crippen molar-refractivity contribution in [3.8, 4) is 0 Å². The highest BCUT2D eigenvalue weighted by Crippen LogP contribution is 2.39. The van der Waals surface area contributed by atoms with Crippen LogP contribution in [-0.4, -0.2) is 16.1 Å². The molecule has 0 amide bonds. The van der Waals surface area contributed by atoms with E-state index in [4.69, 9.17) is 5.73 Å². The van der Waals surface area contributed by atoms with Crippen LogP contribution in [-0.2, 0) is 12.8 Å². The maximum atomic E-state index is 15.1. The van der Waals surface area contributed by atoms with Gasteiger partial charge in [0.2, 0.25) is 0 Å². The number of pyridine rings is 2. The molecule has 4 rings (SSSR count). The molecule has 6 heteroatoms. The minimum atomic E-state index is -0.518. The summed E-state index contributed by atoms with van der Waals surface area (Å²) in [6.07, 6.45) is 7.72. The number of nitrogens with two attached hydrogens (primary N) is 1. The molecule has 0 saturated carbocycles. The minimum Gasteiger partial charge on any atom is -0.396 e.